The number of benzene rings is 3. The number of hydrogen-bond acceptors (Lipinski definition) is 5. The molecule has 3 heterocycles. The Morgan fingerprint density at radius 1 is 1.05 bits per heavy atom. The second-order valence-electron chi connectivity index (χ2n) is 9.57. The van der Waals surface area contributed by atoms with E-state index < -0.39 is 12.1 Å². The van der Waals surface area contributed by atoms with E-state index in [9.17, 15) is 9.59 Å². The highest BCUT2D eigenvalue weighted by Crippen LogP contribution is 2.54. The molecule has 6 rings (SSSR count). The highest BCUT2D eigenvalue weighted by molar-refractivity contribution is 9.10. The number of nitrogens with zero attached hydrogens (tertiary/aromatic N) is 3. The molecule has 3 aromatic rings. The number of aliphatic imine (C=N–C) groups is 1. The molecule has 0 saturated carbocycles. The van der Waals surface area contributed by atoms with Crippen LogP contribution in [0.3, 0.4) is 0 Å². The lowest BCUT2D eigenvalue weighted by molar-refractivity contribution is -0.115. The molecule has 0 fully saturated rings. The Labute approximate surface area is 233 Å². The van der Waals surface area contributed by atoms with Gasteiger partial charge >= 0.3 is 6.03 Å². The first-order chi connectivity index (χ1) is 18.3. The summed E-state index contributed by atoms with van der Waals surface area (Å²) in [6.45, 7) is 3.73. The maximum absolute atomic E-state index is 14.2. The van der Waals surface area contributed by atoms with Gasteiger partial charge in [-0.25, -0.2) is 4.79 Å². The van der Waals surface area contributed by atoms with Crippen molar-refractivity contribution in [1.29, 1.82) is 0 Å². The average molecular weight is 596 g/mol. The van der Waals surface area contributed by atoms with E-state index >= 15 is 0 Å². The fourth-order valence-corrected chi connectivity index (χ4v) is 5.66. The van der Waals surface area contributed by atoms with Gasteiger partial charge in [0.25, 0.3) is 0 Å². The Morgan fingerprint density at radius 2 is 1.74 bits per heavy atom. The number of anilines is 2. The molecule has 3 aliphatic rings. The van der Waals surface area contributed by atoms with Crippen LogP contribution >= 0.6 is 27.5 Å². The molecule has 0 radical (unpaired) electrons. The summed E-state index contributed by atoms with van der Waals surface area (Å²) in [7, 11) is 1.52. The van der Waals surface area contributed by atoms with E-state index in [1.54, 1.807) is 23.1 Å². The number of ether oxygens (including phenoxy) is 2. The lowest BCUT2D eigenvalue weighted by Crippen LogP contribution is -2.55. The number of methoxy groups -OCH3 is 1. The van der Waals surface area contributed by atoms with E-state index in [1.165, 1.54) is 12.0 Å². The van der Waals surface area contributed by atoms with Crippen molar-refractivity contribution in [2.24, 2.45) is 4.99 Å². The standard InChI is InChI=1S/C28H24BrClN4O4/c1-14(2)38-19-12-20(37-3)24-26-22(19)27-32-23(15-4-8-17(29)9-5-15)25(16-6-10-18(30)11-7-16)34(27)28(36)33(26)13-21(35)31-24/h4-12,14,23,25H,13H2,1-3H3,(H,31,35). The highest BCUT2D eigenvalue weighted by Gasteiger charge is 2.51. The van der Waals surface area contributed by atoms with Gasteiger partial charge in [0.1, 0.15) is 35.6 Å². The van der Waals surface area contributed by atoms with Crippen molar-refractivity contribution in [2.45, 2.75) is 32.0 Å². The molecule has 0 aliphatic carbocycles. The summed E-state index contributed by atoms with van der Waals surface area (Å²) in [4.78, 5) is 35.3. The number of rotatable bonds is 5. The van der Waals surface area contributed by atoms with Crippen LogP contribution in [0.25, 0.3) is 0 Å². The van der Waals surface area contributed by atoms with E-state index in [0.717, 1.165) is 15.6 Å². The van der Waals surface area contributed by atoms with Gasteiger partial charge in [-0.2, -0.15) is 0 Å². The molecule has 3 aliphatic heterocycles. The van der Waals surface area contributed by atoms with Crippen LogP contribution in [-0.4, -0.2) is 42.4 Å². The first-order valence-electron chi connectivity index (χ1n) is 12.2. The minimum absolute atomic E-state index is 0.132. The zero-order chi connectivity index (χ0) is 26.7. The van der Waals surface area contributed by atoms with Crippen LogP contribution in [0.15, 0.2) is 64.1 Å². The molecule has 0 spiro atoms. The summed E-state index contributed by atoms with van der Waals surface area (Å²) < 4.78 is 12.8. The molecular formula is C28H24BrClN4O4. The summed E-state index contributed by atoms with van der Waals surface area (Å²) in [5, 5.41) is 3.49. The van der Waals surface area contributed by atoms with Crippen LogP contribution in [-0.2, 0) is 4.79 Å². The van der Waals surface area contributed by atoms with Gasteiger partial charge in [0, 0.05) is 15.6 Å². The minimum atomic E-state index is -0.466. The zero-order valence-corrected chi connectivity index (χ0v) is 23.2. The fraction of sp³-hybridized carbons (Fsp3) is 0.250. The van der Waals surface area contributed by atoms with Crippen molar-refractivity contribution in [3.05, 3.63) is 80.8 Å². The average Bonchev–Trinajstić information content (AvgIpc) is 3.28. The number of halogens is 2. The van der Waals surface area contributed by atoms with Gasteiger partial charge < -0.3 is 14.8 Å². The molecule has 194 valence electrons. The monoisotopic (exact) mass is 594 g/mol. The lowest BCUT2D eigenvalue weighted by atomic mass is 9.93. The topological polar surface area (TPSA) is 83.5 Å². The van der Waals surface area contributed by atoms with Gasteiger partial charge in [-0.3, -0.25) is 19.6 Å². The van der Waals surface area contributed by atoms with Crippen molar-refractivity contribution in [3.8, 4) is 11.5 Å². The molecule has 0 bridgehead atoms. The minimum Gasteiger partial charge on any atom is -0.494 e. The molecule has 0 saturated heterocycles. The lowest BCUT2D eigenvalue weighted by Gasteiger charge is -2.42. The molecular weight excluding hydrogens is 572 g/mol. The first kappa shape index (κ1) is 24.8. The smallest absolute Gasteiger partial charge is 0.331 e. The number of carbonyl (C=O) groups excluding carboxylic acids is 2. The Balaban J connectivity index is 1.63. The Bertz CT molecular complexity index is 1490. The van der Waals surface area contributed by atoms with E-state index in [1.807, 2.05) is 50.2 Å². The maximum Gasteiger partial charge on any atom is 0.331 e. The first-order valence-corrected chi connectivity index (χ1v) is 13.3. The largest absolute Gasteiger partial charge is 0.494 e. The third-order valence-corrected chi connectivity index (χ3v) is 7.58. The predicted molar refractivity (Wildman–Crippen MR) is 150 cm³/mol. The molecule has 2 atom stereocenters. The van der Waals surface area contributed by atoms with Gasteiger partial charge in [-0.05, 0) is 49.2 Å². The van der Waals surface area contributed by atoms with Gasteiger partial charge in [0.15, 0.2) is 0 Å². The third kappa shape index (κ3) is 3.92. The number of urea groups is 1. The van der Waals surface area contributed by atoms with Crippen LogP contribution in [0.1, 0.15) is 42.6 Å². The van der Waals surface area contributed by atoms with Crippen molar-refractivity contribution < 1.29 is 19.1 Å². The second-order valence-corrected chi connectivity index (χ2v) is 10.9. The van der Waals surface area contributed by atoms with E-state index in [4.69, 9.17) is 26.1 Å². The molecule has 3 amide bonds. The van der Waals surface area contributed by atoms with Crippen LogP contribution < -0.4 is 19.7 Å². The number of amidine groups is 1. The summed E-state index contributed by atoms with van der Waals surface area (Å²) in [5.74, 6) is 1.12. The van der Waals surface area contributed by atoms with Crippen molar-refractivity contribution in [2.75, 3.05) is 23.9 Å². The van der Waals surface area contributed by atoms with Crippen LogP contribution in [0.4, 0.5) is 16.2 Å². The molecule has 0 aromatic heterocycles. The summed E-state index contributed by atoms with van der Waals surface area (Å²) in [5.41, 5.74) is 3.43. The molecule has 8 nitrogen and oxygen atoms in total. The van der Waals surface area contributed by atoms with Crippen LogP contribution in [0, 0.1) is 0 Å². The quantitative estimate of drug-likeness (QED) is 0.373. The van der Waals surface area contributed by atoms with Crippen molar-refractivity contribution in [3.63, 3.8) is 0 Å². The fourth-order valence-electron chi connectivity index (χ4n) is 5.27. The summed E-state index contributed by atoms with van der Waals surface area (Å²) >= 11 is 9.72. The number of nitrogens with one attached hydrogen (secondary N) is 1. The number of carbonyl (C=O) groups is 2. The Kier molecular flexibility index (Phi) is 6.07. The number of amides is 3. The van der Waals surface area contributed by atoms with E-state index in [-0.39, 0.29) is 24.6 Å². The van der Waals surface area contributed by atoms with Gasteiger partial charge in [0.05, 0.1) is 30.5 Å². The molecule has 1 N–H and O–H groups in total. The maximum atomic E-state index is 14.2. The summed E-state index contributed by atoms with van der Waals surface area (Å²) in [6, 6.07) is 15.9. The third-order valence-electron chi connectivity index (χ3n) is 6.80. The highest BCUT2D eigenvalue weighted by atomic mass is 79.9. The molecule has 2 unspecified atom stereocenters. The predicted octanol–water partition coefficient (Wildman–Crippen LogP) is 6.34. The Hall–Kier alpha value is -3.56. The number of hydrogen-bond donors (Lipinski definition) is 1. The normalized spacial score (nSPS) is 19.7. The van der Waals surface area contributed by atoms with Gasteiger partial charge in [-0.1, -0.05) is 51.8 Å². The van der Waals surface area contributed by atoms with E-state index in [0.29, 0.717) is 39.3 Å². The van der Waals surface area contributed by atoms with Gasteiger partial charge in [0.2, 0.25) is 5.91 Å². The van der Waals surface area contributed by atoms with Crippen molar-refractivity contribution >= 4 is 56.7 Å². The van der Waals surface area contributed by atoms with Gasteiger partial charge in [-0.15, -0.1) is 0 Å². The number of fused-ring (bicyclic) bond motifs is 2. The van der Waals surface area contributed by atoms with Crippen LogP contribution in [0.5, 0.6) is 11.5 Å². The summed E-state index contributed by atoms with van der Waals surface area (Å²) in [6.07, 6.45) is -0.150. The van der Waals surface area contributed by atoms with E-state index in [2.05, 4.69) is 21.2 Å². The second kappa shape index (κ2) is 9.32. The van der Waals surface area contributed by atoms with Crippen LogP contribution in [0.2, 0.25) is 5.02 Å². The molecule has 38 heavy (non-hydrogen) atoms. The molecule has 10 heteroatoms. The van der Waals surface area contributed by atoms with Crippen molar-refractivity contribution in [1.82, 2.24) is 4.90 Å². The SMILES string of the molecule is COc1cc(OC(C)C)c2c3c1NC(=O)CN3C(=O)N1C2=NC(c2ccc(Br)cc2)C1c1ccc(Cl)cc1. The zero-order valence-electron chi connectivity index (χ0n) is 20.9. The Morgan fingerprint density at radius 3 is 2.39 bits per heavy atom. The molecule has 3 aromatic carbocycles.